The summed E-state index contributed by atoms with van der Waals surface area (Å²) in [4.78, 5) is 17.9. The Bertz CT molecular complexity index is 532. The van der Waals surface area contributed by atoms with Gasteiger partial charge in [0.05, 0.1) is 13.2 Å². The number of nitrogens with zero attached hydrogens (tertiary/aromatic N) is 7. The lowest BCUT2D eigenvalue weighted by atomic mass is 10.5. The van der Waals surface area contributed by atoms with E-state index in [0.29, 0.717) is 25.6 Å². The lowest BCUT2D eigenvalue weighted by Gasteiger charge is -2.21. The molecule has 0 aliphatic carbocycles. The van der Waals surface area contributed by atoms with Crippen LogP contribution in [0.1, 0.15) is 0 Å². The fourth-order valence-electron chi connectivity index (χ4n) is 1.56. The van der Waals surface area contributed by atoms with Crippen LogP contribution in [0.5, 0.6) is 0 Å². The molecule has 0 amide bonds. The largest absolute Gasteiger partial charge is 0.395 e. The molecule has 0 saturated carbocycles. The highest BCUT2D eigenvalue weighted by Gasteiger charge is 2.13. The zero-order valence-corrected chi connectivity index (χ0v) is 11.0. The molecule has 2 aromatic heterocycles. The molecule has 0 unspecified atom stereocenters. The fourth-order valence-corrected chi connectivity index (χ4v) is 1.56. The lowest BCUT2D eigenvalue weighted by molar-refractivity contribution is 0.202. The van der Waals surface area contributed by atoms with E-state index in [1.54, 1.807) is 12.0 Å². The second-order valence-corrected chi connectivity index (χ2v) is 3.84. The highest BCUT2D eigenvalue weighted by atomic mass is 16.5. The summed E-state index contributed by atoms with van der Waals surface area (Å²) in [7, 11) is 1.60. The van der Waals surface area contributed by atoms with E-state index in [1.165, 1.54) is 17.3 Å². The van der Waals surface area contributed by atoms with Crippen molar-refractivity contribution in [2.45, 2.75) is 0 Å². The number of hydrogen-bond donors (Lipinski definition) is 2. The Morgan fingerprint density at radius 1 is 1.35 bits per heavy atom. The van der Waals surface area contributed by atoms with E-state index in [1.807, 2.05) is 0 Å². The smallest absolute Gasteiger partial charge is 0.258 e. The molecule has 20 heavy (non-hydrogen) atoms. The summed E-state index contributed by atoms with van der Waals surface area (Å²) in [5.41, 5.74) is 5.68. The number of aliphatic hydroxyl groups is 1. The van der Waals surface area contributed by atoms with Crippen molar-refractivity contribution in [3.05, 3.63) is 12.7 Å². The van der Waals surface area contributed by atoms with Gasteiger partial charge in [-0.15, -0.1) is 0 Å². The normalized spacial score (nSPS) is 10.7. The summed E-state index contributed by atoms with van der Waals surface area (Å²) in [6, 6.07) is 0. The Hall–Kier alpha value is -2.33. The van der Waals surface area contributed by atoms with Crippen LogP contribution in [0, 0.1) is 0 Å². The third kappa shape index (κ3) is 3.36. The highest BCUT2D eigenvalue weighted by Crippen LogP contribution is 2.10. The molecule has 0 atom stereocenters. The van der Waals surface area contributed by atoms with Crippen molar-refractivity contribution in [1.82, 2.24) is 29.7 Å². The number of aliphatic hydroxyl groups excluding tert-OH is 1. The van der Waals surface area contributed by atoms with Crippen molar-refractivity contribution in [2.24, 2.45) is 0 Å². The predicted octanol–water partition coefficient (Wildman–Crippen LogP) is -1.52. The minimum absolute atomic E-state index is 0.0338. The van der Waals surface area contributed by atoms with Crippen LogP contribution in [-0.2, 0) is 4.74 Å². The Labute approximate surface area is 115 Å². The molecule has 2 heterocycles. The van der Waals surface area contributed by atoms with Crippen LogP contribution in [-0.4, -0.2) is 68.2 Å². The van der Waals surface area contributed by atoms with Crippen LogP contribution >= 0.6 is 0 Å². The number of aromatic nitrogens is 6. The third-order valence-electron chi connectivity index (χ3n) is 2.47. The monoisotopic (exact) mass is 280 g/mol. The Morgan fingerprint density at radius 2 is 2.20 bits per heavy atom. The fraction of sp³-hybridized carbons (Fsp3) is 0.500. The van der Waals surface area contributed by atoms with Crippen molar-refractivity contribution in [3.8, 4) is 5.95 Å². The summed E-state index contributed by atoms with van der Waals surface area (Å²) in [5, 5.41) is 13.0. The minimum atomic E-state index is -0.0338. The van der Waals surface area contributed by atoms with E-state index < -0.39 is 0 Å². The maximum atomic E-state index is 9.11. The van der Waals surface area contributed by atoms with E-state index in [9.17, 15) is 0 Å². The Kier molecular flexibility index (Phi) is 4.74. The third-order valence-corrected chi connectivity index (χ3v) is 2.47. The van der Waals surface area contributed by atoms with E-state index in [4.69, 9.17) is 15.6 Å². The molecule has 0 aliphatic heterocycles. The number of nitrogens with two attached hydrogens (primary N) is 1. The molecule has 10 nitrogen and oxygen atoms in total. The second-order valence-electron chi connectivity index (χ2n) is 3.84. The first-order valence-electron chi connectivity index (χ1n) is 5.96. The highest BCUT2D eigenvalue weighted by molar-refractivity contribution is 5.37. The van der Waals surface area contributed by atoms with Crippen molar-refractivity contribution in [3.63, 3.8) is 0 Å². The van der Waals surface area contributed by atoms with E-state index >= 15 is 0 Å². The van der Waals surface area contributed by atoms with Crippen LogP contribution in [0.2, 0.25) is 0 Å². The first-order valence-corrected chi connectivity index (χ1v) is 5.96. The van der Waals surface area contributed by atoms with Gasteiger partial charge in [-0.3, -0.25) is 0 Å². The predicted molar refractivity (Wildman–Crippen MR) is 70.3 cm³/mol. The Balaban J connectivity index is 2.29. The van der Waals surface area contributed by atoms with Gasteiger partial charge < -0.3 is 20.5 Å². The number of ether oxygens (including phenoxy) is 1. The molecule has 0 bridgehead atoms. The molecular formula is C10H16N8O2. The number of hydrogen-bond acceptors (Lipinski definition) is 9. The van der Waals surface area contributed by atoms with Gasteiger partial charge in [-0.25, -0.2) is 4.98 Å². The quantitative estimate of drug-likeness (QED) is 0.621. The average molecular weight is 280 g/mol. The van der Waals surface area contributed by atoms with Gasteiger partial charge in [-0.05, 0) is 0 Å². The average Bonchev–Trinajstić information content (AvgIpc) is 2.97. The molecule has 0 spiro atoms. The molecule has 0 aliphatic rings. The van der Waals surface area contributed by atoms with Gasteiger partial charge >= 0.3 is 0 Å². The van der Waals surface area contributed by atoms with Gasteiger partial charge in [0.2, 0.25) is 11.9 Å². The molecule has 0 radical (unpaired) electrons. The van der Waals surface area contributed by atoms with Gasteiger partial charge in [0.15, 0.2) is 0 Å². The first-order chi connectivity index (χ1) is 9.74. The molecule has 10 heteroatoms. The van der Waals surface area contributed by atoms with Crippen LogP contribution in [0.4, 0.5) is 11.9 Å². The second kappa shape index (κ2) is 6.73. The number of anilines is 2. The van der Waals surface area contributed by atoms with Crippen LogP contribution < -0.4 is 10.6 Å². The number of rotatable bonds is 7. The topological polar surface area (TPSA) is 128 Å². The summed E-state index contributed by atoms with van der Waals surface area (Å²) in [5.74, 6) is 0.695. The summed E-state index contributed by atoms with van der Waals surface area (Å²) in [6.07, 6.45) is 2.83. The summed E-state index contributed by atoms with van der Waals surface area (Å²) >= 11 is 0. The molecule has 0 fully saturated rings. The van der Waals surface area contributed by atoms with Gasteiger partial charge in [-0.1, -0.05) is 0 Å². The number of methoxy groups -OCH3 is 1. The molecule has 0 aromatic carbocycles. The van der Waals surface area contributed by atoms with Gasteiger partial charge in [0.25, 0.3) is 5.95 Å². The summed E-state index contributed by atoms with van der Waals surface area (Å²) < 4.78 is 6.40. The van der Waals surface area contributed by atoms with Gasteiger partial charge in [-0.2, -0.15) is 24.7 Å². The van der Waals surface area contributed by atoms with E-state index in [2.05, 4.69) is 25.0 Å². The maximum absolute atomic E-state index is 9.11. The SMILES string of the molecule is COCCN(CCO)c1nc(N)nc(-n2cncn2)n1. The molecule has 2 rings (SSSR count). The van der Waals surface area contributed by atoms with E-state index in [0.717, 1.165) is 0 Å². The lowest BCUT2D eigenvalue weighted by Crippen LogP contribution is -2.32. The van der Waals surface area contributed by atoms with Crippen molar-refractivity contribution in [1.29, 1.82) is 0 Å². The molecule has 108 valence electrons. The van der Waals surface area contributed by atoms with Gasteiger partial charge in [0.1, 0.15) is 12.7 Å². The molecule has 0 saturated heterocycles. The first kappa shape index (κ1) is 14.1. The van der Waals surface area contributed by atoms with Crippen LogP contribution in [0.3, 0.4) is 0 Å². The zero-order valence-electron chi connectivity index (χ0n) is 11.0. The van der Waals surface area contributed by atoms with Crippen LogP contribution in [0.15, 0.2) is 12.7 Å². The molecular weight excluding hydrogens is 264 g/mol. The zero-order chi connectivity index (χ0) is 14.4. The number of nitrogen functional groups attached to an aromatic ring is 1. The van der Waals surface area contributed by atoms with Gasteiger partial charge in [0, 0.05) is 20.2 Å². The molecule has 2 aromatic rings. The van der Waals surface area contributed by atoms with Crippen molar-refractivity contribution in [2.75, 3.05) is 44.0 Å². The summed E-state index contributed by atoms with van der Waals surface area (Å²) in [6.45, 7) is 1.33. The maximum Gasteiger partial charge on any atom is 0.258 e. The van der Waals surface area contributed by atoms with Crippen molar-refractivity contribution >= 4 is 11.9 Å². The standard InChI is InChI=1S/C10H16N8O2/c1-20-5-3-17(2-4-19)9-14-8(11)15-10(16-9)18-7-12-6-13-18/h6-7,19H,2-5H2,1H3,(H2,11,14,15,16). The minimum Gasteiger partial charge on any atom is -0.395 e. The molecule has 3 N–H and O–H groups in total. The Morgan fingerprint density at radius 3 is 2.85 bits per heavy atom. The van der Waals surface area contributed by atoms with E-state index in [-0.39, 0.29) is 18.5 Å². The van der Waals surface area contributed by atoms with Crippen molar-refractivity contribution < 1.29 is 9.84 Å². The van der Waals surface area contributed by atoms with Crippen LogP contribution in [0.25, 0.3) is 5.95 Å².